The van der Waals surface area contributed by atoms with Crippen molar-refractivity contribution in [2.24, 2.45) is 5.92 Å². The van der Waals surface area contributed by atoms with E-state index in [1.807, 2.05) is 13.1 Å². The Morgan fingerprint density at radius 2 is 2.22 bits per heavy atom. The zero-order valence-corrected chi connectivity index (χ0v) is 11.4. The van der Waals surface area contributed by atoms with Gasteiger partial charge in [-0.05, 0) is 49.6 Å². The number of halogens is 1. The first-order valence-electron chi connectivity index (χ1n) is 6.45. The Hall–Kier alpha value is -0.770. The van der Waals surface area contributed by atoms with Crippen molar-refractivity contribution in [3.05, 3.63) is 28.8 Å². The summed E-state index contributed by atoms with van der Waals surface area (Å²) in [4.78, 5) is 0. The van der Waals surface area contributed by atoms with Gasteiger partial charge in [-0.2, -0.15) is 0 Å². The Morgan fingerprint density at radius 3 is 2.83 bits per heavy atom. The minimum atomic E-state index is -0.556. The van der Waals surface area contributed by atoms with Crippen LogP contribution >= 0.6 is 11.6 Å². The molecule has 1 saturated carbocycles. The van der Waals surface area contributed by atoms with Crippen LogP contribution in [0.5, 0.6) is 5.75 Å². The van der Waals surface area contributed by atoms with Crippen LogP contribution in [0.15, 0.2) is 18.2 Å². The summed E-state index contributed by atoms with van der Waals surface area (Å²) in [7, 11) is 1.81. The molecule has 1 atom stereocenters. The van der Waals surface area contributed by atoms with Crippen molar-refractivity contribution in [3.8, 4) is 5.75 Å². The Balaban J connectivity index is 2.00. The van der Waals surface area contributed by atoms with E-state index in [2.05, 4.69) is 5.32 Å². The fourth-order valence-electron chi connectivity index (χ4n) is 2.04. The van der Waals surface area contributed by atoms with Gasteiger partial charge in [0.25, 0.3) is 0 Å². The molecule has 2 N–H and O–H groups in total. The lowest BCUT2D eigenvalue weighted by molar-refractivity contribution is 0.172. The monoisotopic (exact) mass is 269 g/mol. The molecular weight excluding hydrogens is 250 g/mol. The normalized spacial score (nSPS) is 17.3. The maximum Gasteiger partial charge on any atom is 0.121 e. The summed E-state index contributed by atoms with van der Waals surface area (Å²) in [5.74, 6) is 1.44. The summed E-state index contributed by atoms with van der Waals surface area (Å²) < 4.78 is 5.74. The van der Waals surface area contributed by atoms with Gasteiger partial charge < -0.3 is 15.2 Å². The first-order chi connectivity index (χ1) is 8.69. The molecule has 0 radical (unpaired) electrons. The number of hydrogen-bond donors (Lipinski definition) is 2. The molecule has 0 spiro atoms. The number of hydrogen-bond acceptors (Lipinski definition) is 3. The second-order valence-electron chi connectivity index (χ2n) is 4.90. The molecule has 18 heavy (non-hydrogen) atoms. The first kappa shape index (κ1) is 13.7. The minimum absolute atomic E-state index is 0.502. The molecular formula is C14H20ClNO2. The SMILES string of the molecule is CNCC(O)c1cc(Cl)cc(OCC2CCC2)c1. The summed E-state index contributed by atoms with van der Waals surface area (Å²) in [6, 6.07) is 5.45. The van der Waals surface area contributed by atoms with Crippen LogP contribution in [-0.4, -0.2) is 25.3 Å². The number of ether oxygens (including phenoxy) is 1. The smallest absolute Gasteiger partial charge is 0.121 e. The first-order valence-corrected chi connectivity index (χ1v) is 6.83. The number of aliphatic hydroxyl groups is 1. The minimum Gasteiger partial charge on any atom is -0.493 e. The van der Waals surface area contributed by atoms with Gasteiger partial charge in [-0.3, -0.25) is 0 Å². The van der Waals surface area contributed by atoms with Crippen molar-refractivity contribution in [1.82, 2.24) is 5.32 Å². The van der Waals surface area contributed by atoms with E-state index in [0.717, 1.165) is 17.9 Å². The van der Waals surface area contributed by atoms with E-state index in [1.165, 1.54) is 19.3 Å². The van der Waals surface area contributed by atoms with Gasteiger partial charge in [-0.15, -0.1) is 0 Å². The predicted octanol–water partition coefficient (Wildman–Crippen LogP) is 2.77. The molecule has 0 amide bonds. The molecule has 1 aliphatic rings. The van der Waals surface area contributed by atoms with E-state index in [1.54, 1.807) is 12.1 Å². The van der Waals surface area contributed by atoms with Gasteiger partial charge in [0.05, 0.1) is 12.7 Å². The molecule has 0 bridgehead atoms. The number of benzene rings is 1. The van der Waals surface area contributed by atoms with E-state index < -0.39 is 6.10 Å². The average Bonchev–Trinajstić information content (AvgIpc) is 2.26. The summed E-state index contributed by atoms with van der Waals surface area (Å²) >= 11 is 6.05. The molecule has 2 rings (SSSR count). The molecule has 1 aliphatic carbocycles. The average molecular weight is 270 g/mol. The van der Waals surface area contributed by atoms with Crippen LogP contribution in [0.4, 0.5) is 0 Å². The lowest BCUT2D eigenvalue weighted by Gasteiger charge is -2.25. The van der Waals surface area contributed by atoms with E-state index in [9.17, 15) is 5.11 Å². The van der Waals surface area contributed by atoms with Gasteiger partial charge in [-0.1, -0.05) is 18.0 Å². The molecule has 1 aromatic rings. The fourth-order valence-corrected chi connectivity index (χ4v) is 2.28. The maximum atomic E-state index is 9.93. The number of rotatable bonds is 6. The van der Waals surface area contributed by atoms with Crippen LogP contribution in [0.2, 0.25) is 5.02 Å². The van der Waals surface area contributed by atoms with Gasteiger partial charge in [-0.25, -0.2) is 0 Å². The summed E-state index contributed by atoms with van der Waals surface area (Å²) in [6.07, 6.45) is 3.28. The van der Waals surface area contributed by atoms with Gasteiger partial charge in [0.2, 0.25) is 0 Å². The molecule has 100 valence electrons. The lowest BCUT2D eigenvalue weighted by atomic mass is 9.86. The second kappa shape index (κ2) is 6.41. The van der Waals surface area contributed by atoms with Crippen LogP contribution in [0, 0.1) is 5.92 Å². The quantitative estimate of drug-likeness (QED) is 0.834. The summed E-state index contributed by atoms with van der Waals surface area (Å²) in [6.45, 7) is 1.25. The number of nitrogens with one attached hydrogen (secondary N) is 1. The third kappa shape index (κ3) is 3.61. The highest BCUT2D eigenvalue weighted by atomic mass is 35.5. The van der Waals surface area contributed by atoms with E-state index in [-0.39, 0.29) is 0 Å². The lowest BCUT2D eigenvalue weighted by Crippen LogP contribution is -2.19. The summed E-state index contributed by atoms with van der Waals surface area (Å²) in [5, 5.41) is 13.5. The van der Waals surface area contributed by atoms with Crippen LogP contribution in [0.1, 0.15) is 30.9 Å². The van der Waals surface area contributed by atoms with Crippen molar-refractivity contribution >= 4 is 11.6 Å². The molecule has 0 saturated heterocycles. The molecule has 0 aromatic heterocycles. The standard InChI is InChI=1S/C14H20ClNO2/c1-16-8-14(17)11-5-12(15)7-13(6-11)18-9-10-3-2-4-10/h5-7,10,14,16-17H,2-4,8-9H2,1H3. The fraction of sp³-hybridized carbons (Fsp3) is 0.571. The zero-order valence-electron chi connectivity index (χ0n) is 10.7. The summed E-state index contributed by atoms with van der Waals surface area (Å²) in [5.41, 5.74) is 0.792. The van der Waals surface area contributed by atoms with Crippen molar-refractivity contribution in [2.75, 3.05) is 20.2 Å². The molecule has 1 unspecified atom stereocenters. The highest BCUT2D eigenvalue weighted by molar-refractivity contribution is 6.30. The highest BCUT2D eigenvalue weighted by Crippen LogP contribution is 2.29. The van der Waals surface area contributed by atoms with Gasteiger partial charge in [0.1, 0.15) is 5.75 Å². The van der Waals surface area contributed by atoms with E-state index in [0.29, 0.717) is 17.5 Å². The third-order valence-electron chi connectivity index (χ3n) is 3.39. The Labute approximate surface area is 113 Å². The topological polar surface area (TPSA) is 41.5 Å². The van der Waals surface area contributed by atoms with Crippen LogP contribution < -0.4 is 10.1 Å². The van der Waals surface area contributed by atoms with Crippen LogP contribution in [-0.2, 0) is 0 Å². The van der Waals surface area contributed by atoms with Gasteiger partial charge in [0.15, 0.2) is 0 Å². The predicted molar refractivity (Wildman–Crippen MR) is 73.2 cm³/mol. The molecule has 1 fully saturated rings. The van der Waals surface area contributed by atoms with Gasteiger partial charge >= 0.3 is 0 Å². The van der Waals surface area contributed by atoms with Gasteiger partial charge in [0, 0.05) is 11.6 Å². The molecule has 3 nitrogen and oxygen atoms in total. The molecule has 1 aromatic carbocycles. The number of aliphatic hydroxyl groups excluding tert-OH is 1. The van der Waals surface area contributed by atoms with Crippen LogP contribution in [0.3, 0.4) is 0 Å². The maximum absolute atomic E-state index is 9.93. The zero-order chi connectivity index (χ0) is 13.0. The highest BCUT2D eigenvalue weighted by Gasteiger charge is 2.18. The Kier molecular flexibility index (Phi) is 4.87. The van der Waals surface area contributed by atoms with Crippen molar-refractivity contribution < 1.29 is 9.84 Å². The van der Waals surface area contributed by atoms with E-state index >= 15 is 0 Å². The molecule has 0 heterocycles. The molecule has 4 heteroatoms. The van der Waals surface area contributed by atoms with Crippen LogP contribution in [0.25, 0.3) is 0 Å². The Morgan fingerprint density at radius 1 is 1.44 bits per heavy atom. The Bertz CT molecular complexity index is 393. The van der Waals surface area contributed by atoms with Crippen molar-refractivity contribution in [3.63, 3.8) is 0 Å². The van der Waals surface area contributed by atoms with Crippen molar-refractivity contribution in [2.45, 2.75) is 25.4 Å². The largest absolute Gasteiger partial charge is 0.493 e. The third-order valence-corrected chi connectivity index (χ3v) is 3.60. The van der Waals surface area contributed by atoms with Crippen molar-refractivity contribution in [1.29, 1.82) is 0 Å². The van der Waals surface area contributed by atoms with E-state index in [4.69, 9.17) is 16.3 Å². The second-order valence-corrected chi connectivity index (χ2v) is 5.34. The molecule has 0 aliphatic heterocycles. The number of likely N-dealkylation sites (N-methyl/N-ethyl adjacent to an activating group) is 1.